The van der Waals surface area contributed by atoms with E-state index >= 15 is 0 Å². The number of hydrogen-bond acceptors (Lipinski definition) is 4. The highest BCUT2D eigenvalue weighted by atomic mass is 16.5. The van der Waals surface area contributed by atoms with Crippen LogP contribution in [0.25, 0.3) is 0 Å². The molecule has 2 heterocycles. The van der Waals surface area contributed by atoms with Crippen molar-refractivity contribution in [2.24, 2.45) is 4.99 Å². The van der Waals surface area contributed by atoms with E-state index < -0.39 is 0 Å². The molecule has 2 saturated heterocycles. The number of hydrogen-bond donors (Lipinski definition) is 1. The minimum absolute atomic E-state index is 0.0257. The lowest BCUT2D eigenvalue weighted by molar-refractivity contribution is -0.135. The molecule has 0 aromatic carbocycles. The lowest BCUT2D eigenvalue weighted by Gasteiger charge is -2.39. The molecular weight excluding hydrogens is 330 g/mol. The lowest BCUT2D eigenvalue weighted by Crippen LogP contribution is -2.57. The molecule has 0 saturated carbocycles. The predicted octanol–water partition coefficient (Wildman–Crippen LogP) is 1.01. The van der Waals surface area contributed by atoms with Gasteiger partial charge in [0.15, 0.2) is 5.96 Å². The first-order chi connectivity index (χ1) is 12.4. The Labute approximate surface area is 158 Å². The number of methoxy groups -OCH3 is 1. The van der Waals surface area contributed by atoms with Gasteiger partial charge in [0.2, 0.25) is 5.91 Å². The molecule has 1 N–H and O–H groups in total. The van der Waals surface area contributed by atoms with Crippen LogP contribution in [-0.2, 0) is 9.53 Å². The SMILES string of the molecule is CCNC(=NCC(C)(C)OC)N1CCN(C(C)C(=O)N2CCCC2)CC1. The number of piperazine rings is 1. The summed E-state index contributed by atoms with van der Waals surface area (Å²) in [6.07, 6.45) is 2.29. The molecule has 150 valence electrons. The lowest BCUT2D eigenvalue weighted by atomic mass is 10.1. The molecule has 1 amide bonds. The summed E-state index contributed by atoms with van der Waals surface area (Å²) in [6, 6.07) is -0.0257. The van der Waals surface area contributed by atoms with Gasteiger partial charge in [-0.2, -0.15) is 0 Å². The van der Waals surface area contributed by atoms with Crippen LogP contribution >= 0.6 is 0 Å². The molecule has 0 aromatic rings. The highest BCUT2D eigenvalue weighted by molar-refractivity contribution is 5.82. The third kappa shape index (κ3) is 5.58. The summed E-state index contributed by atoms with van der Waals surface area (Å²) in [5.74, 6) is 1.23. The molecule has 2 rings (SSSR count). The van der Waals surface area contributed by atoms with E-state index in [1.54, 1.807) is 7.11 Å². The molecule has 26 heavy (non-hydrogen) atoms. The Balaban J connectivity index is 1.90. The van der Waals surface area contributed by atoms with Crippen molar-refractivity contribution in [2.75, 3.05) is 59.5 Å². The normalized spacial score (nSPS) is 21.2. The highest BCUT2D eigenvalue weighted by Crippen LogP contribution is 2.14. The van der Waals surface area contributed by atoms with Gasteiger partial charge in [-0.1, -0.05) is 0 Å². The summed E-state index contributed by atoms with van der Waals surface area (Å²) in [5.41, 5.74) is -0.265. The third-order valence-electron chi connectivity index (χ3n) is 5.43. The highest BCUT2D eigenvalue weighted by Gasteiger charge is 2.30. The van der Waals surface area contributed by atoms with E-state index in [-0.39, 0.29) is 11.6 Å². The number of likely N-dealkylation sites (tertiary alicyclic amines) is 1. The monoisotopic (exact) mass is 367 g/mol. The number of carbonyl (C=O) groups is 1. The van der Waals surface area contributed by atoms with Gasteiger partial charge in [0.25, 0.3) is 0 Å². The van der Waals surface area contributed by atoms with Gasteiger partial charge in [-0.05, 0) is 40.5 Å². The number of aliphatic imine (C=N–C) groups is 1. The molecule has 7 heteroatoms. The van der Waals surface area contributed by atoms with Gasteiger partial charge in [0, 0.05) is 52.9 Å². The number of carbonyl (C=O) groups excluding carboxylic acids is 1. The first-order valence-corrected chi connectivity index (χ1v) is 9.99. The first-order valence-electron chi connectivity index (χ1n) is 9.99. The van der Waals surface area contributed by atoms with Crippen LogP contribution in [-0.4, -0.2) is 97.7 Å². The summed E-state index contributed by atoms with van der Waals surface area (Å²) >= 11 is 0. The van der Waals surface area contributed by atoms with Gasteiger partial charge in [-0.25, -0.2) is 0 Å². The fourth-order valence-electron chi connectivity index (χ4n) is 3.43. The standard InChI is InChI=1S/C19H37N5O2/c1-6-20-18(21-15-19(3,4)26-5)24-13-11-22(12-14-24)16(2)17(25)23-9-7-8-10-23/h16H,6-15H2,1-5H3,(H,20,21). The molecule has 2 aliphatic heterocycles. The number of amides is 1. The Morgan fingerprint density at radius 2 is 1.73 bits per heavy atom. The van der Waals surface area contributed by atoms with Crippen molar-refractivity contribution in [1.82, 2.24) is 20.0 Å². The molecule has 0 aromatic heterocycles. The maximum Gasteiger partial charge on any atom is 0.239 e. The minimum Gasteiger partial charge on any atom is -0.377 e. The van der Waals surface area contributed by atoms with E-state index in [1.807, 2.05) is 18.7 Å². The van der Waals surface area contributed by atoms with Crippen LogP contribution in [0.15, 0.2) is 4.99 Å². The van der Waals surface area contributed by atoms with Crippen LogP contribution in [0.4, 0.5) is 0 Å². The third-order valence-corrected chi connectivity index (χ3v) is 5.43. The van der Waals surface area contributed by atoms with Crippen molar-refractivity contribution in [2.45, 2.75) is 52.2 Å². The second kappa shape index (κ2) is 9.55. The van der Waals surface area contributed by atoms with Gasteiger partial charge < -0.3 is 19.9 Å². The van der Waals surface area contributed by atoms with Crippen molar-refractivity contribution < 1.29 is 9.53 Å². The Morgan fingerprint density at radius 1 is 1.12 bits per heavy atom. The Hall–Kier alpha value is -1.34. The average molecular weight is 368 g/mol. The summed E-state index contributed by atoms with van der Waals surface area (Å²) in [4.78, 5) is 24.0. The summed E-state index contributed by atoms with van der Waals surface area (Å²) in [7, 11) is 1.72. The second-order valence-electron chi connectivity index (χ2n) is 7.87. The van der Waals surface area contributed by atoms with Gasteiger partial charge in [0.05, 0.1) is 18.2 Å². The van der Waals surface area contributed by atoms with E-state index in [2.05, 4.69) is 29.0 Å². The van der Waals surface area contributed by atoms with Gasteiger partial charge in [0.1, 0.15) is 0 Å². The average Bonchev–Trinajstić information content (AvgIpc) is 3.19. The number of ether oxygens (including phenoxy) is 1. The summed E-state index contributed by atoms with van der Waals surface area (Å²) < 4.78 is 5.47. The van der Waals surface area contributed by atoms with Crippen molar-refractivity contribution in [3.8, 4) is 0 Å². The first kappa shape index (κ1) is 21.0. The van der Waals surface area contributed by atoms with Crippen molar-refractivity contribution in [3.05, 3.63) is 0 Å². The quantitative estimate of drug-likeness (QED) is 0.561. The molecule has 2 fully saturated rings. The molecule has 0 spiro atoms. The predicted molar refractivity (Wildman–Crippen MR) is 105 cm³/mol. The Kier molecular flexibility index (Phi) is 7.70. The molecule has 1 unspecified atom stereocenters. The Morgan fingerprint density at radius 3 is 2.27 bits per heavy atom. The minimum atomic E-state index is -0.265. The smallest absolute Gasteiger partial charge is 0.239 e. The second-order valence-corrected chi connectivity index (χ2v) is 7.87. The number of nitrogens with one attached hydrogen (secondary N) is 1. The molecule has 0 bridgehead atoms. The number of nitrogens with zero attached hydrogens (tertiary/aromatic N) is 4. The number of rotatable bonds is 6. The zero-order chi connectivity index (χ0) is 19.2. The Bertz CT molecular complexity index is 480. The van der Waals surface area contributed by atoms with Gasteiger partial charge >= 0.3 is 0 Å². The largest absolute Gasteiger partial charge is 0.377 e. The van der Waals surface area contributed by atoms with Crippen molar-refractivity contribution in [1.29, 1.82) is 0 Å². The zero-order valence-electron chi connectivity index (χ0n) is 17.3. The molecule has 0 radical (unpaired) electrons. The molecular formula is C19H37N5O2. The van der Waals surface area contributed by atoms with E-state index in [0.29, 0.717) is 12.5 Å². The van der Waals surface area contributed by atoms with E-state index in [0.717, 1.165) is 64.6 Å². The van der Waals surface area contributed by atoms with Crippen LogP contribution in [0.2, 0.25) is 0 Å². The summed E-state index contributed by atoms with van der Waals surface area (Å²) in [6.45, 7) is 15.1. The van der Waals surface area contributed by atoms with E-state index in [4.69, 9.17) is 9.73 Å². The van der Waals surface area contributed by atoms with E-state index in [1.165, 1.54) is 0 Å². The van der Waals surface area contributed by atoms with Crippen molar-refractivity contribution >= 4 is 11.9 Å². The maximum atomic E-state index is 12.6. The van der Waals surface area contributed by atoms with Crippen LogP contribution in [0.3, 0.4) is 0 Å². The fourth-order valence-corrected chi connectivity index (χ4v) is 3.43. The van der Waals surface area contributed by atoms with Crippen LogP contribution in [0, 0.1) is 0 Å². The van der Waals surface area contributed by atoms with Crippen LogP contribution < -0.4 is 5.32 Å². The molecule has 7 nitrogen and oxygen atoms in total. The molecule has 2 aliphatic rings. The molecule has 1 atom stereocenters. The van der Waals surface area contributed by atoms with E-state index in [9.17, 15) is 4.79 Å². The van der Waals surface area contributed by atoms with Crippen LogP contribution in [0.1, 0.15) is 40.5 Å². The van der Waals surface area contributed by atoms with Crippen LogP contribution in [0.5, 0.6) is 0 Å². The van der Waals surface area contributed by atoms with Crippen molar-refractivity contribution in [3.63, 3.8) is 0 Å². The maximum absolute atomic E-state index is 12.6. The fraction of sp³-hybridized carbons (Fsp3) is 0.895. The number of guanidine groups is 1. The van der Waals surface area contributed by atoms with Gasteiger partial charge in [-0.3, -0.25) is 14.7 Å². The zero-order valence-corrected chi connectivity index (χ0v) is 17.3. The van der Waals surface area contributed by atoms with Gasteiger partial charge in [-0.15, -0.1) is 0 Å². The summed E-state index contributed by atoms with van der Waals surface area (Å²) in [5, 5.41) is 3.39. The molecule has 0 aliphatic carbocycles. The topological polar surface area (TPSA) is 60.4 Å².